The van der Waals surface area contributed by atoms with Crippen LogP contribution in [0, 0.1) is 8.70 Å². The van der Waals surface area contributed by atoms with Gasteiger partial charge in [0.1, 0.15) is 5.82 Å². The fraction of sp³-hybridized carbons (Fsp3) is 0.0909. The molecule has 2 aromatic rings. The third kappa shape index (κ3) is 2.88. The number of halogens is 4. The van der Waals surface area contributed by atoms with E-state index >= 15 is 0 Å². The summed E-state index contributed by atoms with van der Waals surface area (Å²) in [6.07, 6.45) is 0. The summed E-state index contributed by atoms with van der Waals surface area (Å²) in [5, 5.41) is 2.01. The lowest BCUT2D eigenvalue weighted by molar-refractivity contribution is 0.560. The number of hydrogen-bond donors (Lipinski definition) is 2. The Morgan fingerprint density at radius 1 is 1.50 bits per heavy atom. The molecule has 1 aromatic carbocycles. The number of benzene rings is 1. The van der Waals surface area contributed by atoms with E-state index in [-0.39, 0.29) is 5.02 Å². The van der Waals surface area contributed by atoms with Crippen LogP contribution in [0.4, 0.5) is 4.39 Å². The molecule has 0 bridgehead atoms. The summed E-state index contributed by atoms with van der Waals surface area (Å²) in [5.74, 6) is 5.07. The first-order valence-electron chi connectivity index (χ1n) is 4.88. The molecule has 7 heteroatoms. The highest BCUT2D eigenvalue weighted by Crippen LogP contribution is 2.34. The Morgan fingerprint density at radius 3 is 2.78 bits per heavy atom. The van der Waals surface area contributed by atoms with E-state index in [0.29, 0.717) is 10.0 Å². The first-order valence-corrected chi connectivity index (χ1v) is 8.01. The molecule has 1 atom stereocenters. The van der Waals surface area contributed by atoms with E-state index < -0.39 is 11.9 Å². The van der Waals surface area contributed by atoms with Crippen LogP contribution in [0.25, 0.3) is 0 Å². The lowest BCUT2D eigenvalue weighted by Crippen LogP contribution is -2.29. The number of rotatable bonds is 3. The van der Waals surface area contributed by atoms with E-state index in [1.54, 1.807) is 23.5 Å². The van der Waals surface area contributed by atoms with Crippen molar-refractivity contribution in [2.24, 2.45) is 5.84 Å². The van der Waals surface area contributed by atoms with Crippen molar-refractivity contribution in [2.75, 3.05) is 0 Å². The van der Waals surface area contributed by atoms with Gasteiger partial charge in [0.25, 0.3) is 0 Å². The van der Waals surface area contributed by atoms with Crippen molar-refractivity contribution in [3.8, 4) is 0 Å². The smallest absolute Gasteiger partial charge is 0.148 e. The van der Waals surface area contributed by atoms with Gasteiger partial charge in [-0.05, 0) is 61.6 Å². The molecular formula is C11H8BrClFIN2S. The molecular weight excluding hydrogens is 453 g/mol. The summed E-state index contributed by atoms with van der Waals surface area (Å²) >= 11 is 12.9. The average molecular weight is 462 g/mol. The van der Waals surface area contributed by atoms with E-state index in [2.05, 4.69) is 43.9 Å². The van der Waals surface area contributed by atoms with Crippen molar-refractivity contribution >= 4 is 61.5 Å². The quantitative estimate of drug-likeness (QED) is 0.307. The van der Waals surface area contributed by atoms with Gasteiger partial charge in [0.2, 0.25) is 0 Å². The minimum absolute atomic E-state index is 0.0673. The summed E-state index contributed by atoms with van der Waals surface area (Å²) in [6.45, 7) is 0. The summed E-state index contributed by atoms with van der Waals surface area (Å²) in [6, 6.07) is 4.93. The first kappa shape index (κ1) is 14.7. The molecule has 0 aliphatic carbocycles. The number of hydrogen-bond acceptors (Lipinski definition) is 3. The molecule has 1 aromatic heterocycles. The second-order valence-corrected chi connectivity index (χ2v) is 7.59. The summed E-state index contributed by atoms with van der Waals surface area (Å²) < 4.78 is 15.8. The standard InChI is InChI=1S/C11H8BrClFIN2S/c12-7-2-1-6(10(14)9(7)13)11(17-16)5-3-8(15)18-4-5/h1-4,11,17H,16H2. The van der Waals surface area contributed by atoms with Gasteiger partial charge in [0.05, 0.1) is 13.9 Å². The Balaban J connectivity index is 2.49. The van der Waals surface area contributed by atoms with Gasteiger partial charge in [0, 0.05) is 10.0 Å². The van der Waals surface area contributed by atoms with Crippen molar-refractivity contribution in [1.82, 2.24) is 5.43 Å². The maximum atomic E-state index is 14.1. The average Bonchev–Trinajstić information content (AvgIpc) is 2.77. The van der Waals surface area contributed by atoms with Crippen LogP contribution < -0.4 is 11.3 Å². The summed E-state index contributed by atoms with van der Waals surface area (Å²) in [7, 11) is 0. The van der Waals surface area contributed by atoms with Crippen LogP contribution in [0.5, 0.6) is 0 Å². The van der Waals surface area contributed by atoms with Gasteiger partial charge in [-0.15, -0.1) is 11.3 Å². The second-order valence-electron chi connectivity index (χ2n) is 3.55. The van der Waals surface area contributed by atoms with Crippen LogP contribution in [-0.2, 0) is 0 Å². The molecule has 2 rings (SSSR count). The molecule has 1 unspecified atom stereocenters. The Labute approximate surface area is 135 Å². The molecule has 0 saturated carbocycles. The second kappa shape index (κ2) is 6.15. The molecule has 0 aliphatic rings. The van der Waals surface area contributed by atoms with Gasteiger partial charge in [-0.2, -0.15) is 0 Å². The predicted molar refractivity (Wildman–Crippen MR) is 85.3 cm³/mol. The molecule has 1 heterocycles. The molecule has 0 spiro atoms. The molecule has 0 radical (unpaired) electrons. The lowest BCUT2D eigenvalue weighted by atomic mass is 10.0. The number of nitrogens with one attached hydrogen (secondary N) is 1. The maximum Gasteiger partial charge on any atom is 0.148 e. The van der Waals surface area contributed by atoms with Crippen molar-refractivity contribution in [2.45, 2.75) is 6.04 Å². The van der Waals surface area contributed by atoms with Crippen molar-refractivity contribution < 1.29 is 4.39 Å². The van der Waals surface area contributed by atoms with Crippen LogP contribution in [-0.4, -0.2) is 0 Å². The normalized spacial score (nSPS) is 12.7. The Morgan fingerprint density at radius 2 is 2.22 bits per heavy atom. The first-order chi connectivity index (χ1) is 8.54. The van der Waals surface area contributed by atoms with Crippen LogP contribution in [0.1, 0.15) is 17.2 Å². The third-order valence-electron chi connectivity index (χ3n) is 2.46. The minimum atomic E-state index is -0.463. The Kier molecular flexibility index (Phi) is 5.01. The number of thiophene rings is 1. The highest BCUT2D eigenvalue weighted by Gasteiger charge is 2.20. The minimum Gasteiger partial charge on any atom is -0.271 e. The molecule has 0 amide bonds. The molecule has 0 aliphatic heterocycles. The van der Waals surface area contributed by atoms with Gasteiger partial charge >= 0.3 is 0 Å². The zero-order valence-corrected chi connectivity index (χ0v) is 14.2. The van der Waals surface area contributed by atoms with Crippen LogP contribution in [0.3, 0.4) is 0 Å². The van der Waals surface area contributed by atoms with Crippen LogP contribution in [0.2, 0.25) is 5.02 Å². The zero-order valence-electron chi connectivity index (χ0n) is 8.88. The molecule has 96 valence electrons. The SMILES string of the molecule is NNC(c1csc(I)c1)c1ccc(Br)c(Cl)c1F. The van der Waals surface area contributed by atoms with Crippen LogP contribution >= 0.6 is 61.5 Å². The van der Waals surface area contributed by atoms with Gasteiger partial charge in [0.15, 0.2) is 0 Å². The van der Waals surface area contributed by atoms with Gasteiger partial charge in [-0.3, -0.25) is 5.84 Å². The Hall–Kier alpha value is 0.270. The highest BCUT2D eigenvalue weighted by atomic mass is 127. The molecule has 3 N–H and O–H groups in total. The van der Waals surface area contributed by atoms with E-state index in [9.17, 15) is 4.39 Å². The number of nitrogens with two attached hydrogens (primary N) is 1. The predicted octanol–water partition coefficient (Wildman–Crippen LogP) is 4.46. The third-order valence-corrected chi connectivity index (χ3v) is 5.53. The maximum absolute atomic E-state index is 14.1. The van der Waals surface area contributed by atoms with Crippen molar-refractivity contribution in [1.29, 1.82) is 0 Å². The van der Waals surface area contributed by atoms with Gasteiger partial charge in [-0.1, -0.05) is 17.7 Å². The topological polar surface area (TPSA) is 38.0 Å². The monoisotopic (exact) mass is 460 g/mol. The highest BCUT2D eigenvalue weighted by molar-refractivity contribution is 14.1. The van der Waals surface area contributed by atoms with Crippen molar-refractivity contribution in [3.05, 3.63) is 52.9 Å². The lowest BCUT2D eigenvalue weighted by Gasteiger charge is -2.17. The van der Waals surface area contributed by atoms with Gasteiger partial charge in [-0.25, -0.2) is 9.82 Å². The zero-order chi connectivity index (χ0) is 13.3. The summed E-state index contributed by atoms with van der Waals surface area (Å²) in [4.78, 5) is 0. The molecule has 0 fully saturated rings. The van der Waals surface area contributed by atoms with Crippen LogP contribution in [0.15, 0.2) is 28.1 Å². The molecule has 0 saturated heterocycles. The van der Waals surface area contributed by atoms with Crippen molar-refractivity contribution in [3.63, 3.8) is 0 Å². The fourth-order valence-corrected chi connectivity index (χ4v) is 3.48. The van der Waals surface area contributed by atoms with Gasteiger partial charge < -0.3 is 0 Å². The Bertz CT molecular complexity index is 578. The number of hydrazine groups is 1. The molecule has 2 nitrogen and oxygen atoms in total. The van der Waals surface area contributed by atoms with E-state index in [1.165, 1.54) is 0 Å². The van der Waals surface area contributed by atoms with E-state index in [0.717, 1.165) is 8.45 Å². The summed E-state index contributed by atoms with van der Waals surface area (Å²) in [5.41, 5.74) is 3.98. The molecule has 18 heavy (non-hydrogen) atoms. The van der Waals surface area contributed by atoms with E-state index in [1.807, 2.05) is 11.4 Å². The largest absolute Gasteiger partial charge is 0.271 e. The van der Waals surface area contributed by atoms with E-state index in [4.69, 9.17) is 17.4 Å². The fourth-order valence-electron chi connectivity index (χ4n) is 1.60.